The normalized spacial score (nSPS) is 11.3. The lowest BCUT2D eigenvalue weighted by Gasteiger charge is -2.13. The van der Waals surface area contributed by atoms with E-state index < -0.39 is 41.2 Å². The van der Waals surface area contributed by atoms with Gasteiger partial charge in [0.1, 0.15) is 5.82 Å². The van der Waals surface area contributed by atoms with Crippen LogP contribution in [0.25, 0.3) is 22.5 Å². The molecule has 4 N–H and O–H groups in total. The van der Waals surface area contributed by atoms with Crippen molar-refractivity contribution in [3.63, 3.8) is 0 Å². The van der Waals surface area contributed by atoms with Crippen molar-refractivity contribution in [2.75, 3.05) is 10.6 Å². The Hall–Kier alpha value is -6.48. The molecule has 0 unspecified atom stereocenters. The van der Waals surface area contributed by atoms with Crippen molar-refractivity contribution >= 4 is 46.3 Å². The highest BCUT2D eigenvalue weighted by Gasteiger charge is 2.34. The van der Waals surface area contributed by atoms with Gasteiger partial charge in [0, 0.05) is 16.1 Å². The molecule has 0 aliphatic rings. The van der Waals surface area contributed by atoms with E-state index in [-0.39, 0.29) is 50.0 Å². The highest BCUT2D eigenvalue weighted by Crippen LogP contribution is 2.38. The molecule has 4 aromatic carbocycles. The predicted octanol–water partition coefficient (Wildman–Crippen LogP) is 11.2. The van der Waals surface area contributed by atoms with Gasteiger partial charge in [-0.05, 0) is 72.8 Å². The van der Waals surface area contributed by atoms with E-state index in [4.69, 9.17) is 16.7 Å². The summed E-state index contributed by atoms with van der Waals surface area (Å²) < 4.78 is 92.0. The average molecular weight is 769 g/mol. The number of hydrogen-bond donors (Lipinski definition) is 4. The Balaban J connectivity index is 0.000000208. The molecular weight excluding hydrogens is 745 g/mol. The lowest BCUT2D eigenvalue weighted by atomic mass is 10.0. The number of carboxylic acid groups (broad SMARTS) is 2. The second-order valence-corrected chi connectivity index (χ2v) is 11.6. The predicted molar refractivity (Wildman–Crippen MR) is 188 cm³/mol. The summed E-state index contributed by atoms with van der Waals surface area (Å²) in [7, 11) is 0. The molecule has 8 nitrogen and oxygen atoms in total. The minimum atomic E-state index is -4.51. The van der Waals surface area contributed by atoms with Gasteiger partial charge in [-0.1, -0.05) is 48.0 Å². The van der Waals surface area contributed by atoms with Gasteiger partial charge in [0.2, 0.25) is 0 Å². The molecule has 16 heteroatoms. The number of alkyl halides is 6. The van der Waals surface area contributed by atoms with Gasteiger partial charge in [0.15, 0.2) is 0 Å². The number of carboxylic acids is 2. The maximum Gasteiger partial charge on any atom is 0.417 e. The van der Waals surface area contributed by atoms with Gasteiger partial charge in [-0.15, -0.1) is 0 Å². The van der Waals surface area contributed by atoms with E-state index in [9.17, 15) is 45.4 Å². The van der Waals surface area contributed by atoms with Gasteiger partial charge in [-0.25, -0.2) is 14.0 Å². The molecule has 6 rings (SSSR count). The molecule has 0 spiro atoms. The first-order chi connectivity index (χ1) is 25.5. The van der Waals surface area contributed by atoms with Crippen LogP contribution in [-0.2, 0) is 12.4 Å². The summed E-state index contributed by atoms with van der Waals surface area (Å²) in [4.78, 5) is 30.6. The van der Waals surface area contributed by atoms with Crippen molar-refractivity contribution in [2.45, 2.75) is 12.4 Å². The highest BCUT2D eigenvalue weighted by atomic mass is 35.5. The fourth-order valence-corrected chi connectivity index (χ4v) is 5.25. The van der Waals surface area contributed by atoms with Crippen LogP contribution in [0, 0.1) is 5.82 Å². The smallest absolute Gasteiger partial charge is 0.417 e. The molecule has 0 atom stereocenters. The number of halogens is 8. The van der Waals surface area contributed by atoms with Gasteiger partial charge >= 0.3 is 24.3 Å². The van der Waals surface area contributed by atoms with Crippen LogP contribution in [0.5, 0.6) is 0 Å². The molecular formula is C38H24ClF7N4O4. The zero-order chi connectivity index (χ0) is 39.2. The maximum absolute atomic E-state index is 13.2. The summed E-state index contributed by atoms with van der Waals surface area (Å²) in [5.74, 6) is -3.18. The summed E-state index contributed by atoms with van der Waals surface area (Å²) in [6.07, 6.45) is -6.39. The van der Waals surface area contributed by atoms with Gasteiger partial charge in [-0.2, -0.15) is 26.3 Å². The Morgan fingerprint density at radius 3 is 1.41 bits per heavy atom. The Bertz CT molecular complexity index is 2140. The first-order valence-corrected chi connectivity index (χ1v) is 15.7. The van der Waals surface area contributed by atoms with Crippen LogP contribution in [0.15, 0.2) is 122 Å². The first kappa shape index (κ1) is 38.7. The third kappa shape index (κ3) is 9.49. The van der Waals surface area contributed by atoms with Crippen LogP contribution in [0.3, 0.4) is 0 Å². The molecule has 0 aliphatic heterocycles. The van der Waals surface area contributed by atoms with Crippen molar-refractivity contribution in [1.82, 2.24) is 9.97 Å². The fraction of sp³-hybridized carbons (Fsp3) is 0.0526. The Labute approximate surface area is 306 Å². The molecule has 0 saturated heterocycles. The monoisotopic (exact) mass is 768 g/mol. The molecule has 0 amide bonds. The summed E-state index contributed by atoms with van der Waals surface area (Å²) in [6, 6.07) is 23.6. The van der Waals surface area contributed by atoms with Crippen molar-refractivity contribution in [2.24, 2.45) is 0 Å². The van der Waals surface area contributed by atoms with Crippen LogP contribution in [0.4, 0.5) is 53.5 Å². The number of rotatable bonds is 8. The van der Waals surface area contributed by atoms with Crippen LogP contribution < -0.4 is 10.6 Å². The lowest BCUT2D eigenvalue weighted by molar-refractivity contribution is -0.137. The Morgan fingerprint density at radius 2 is 1.00 bits per heavy atom. The third-order valence-electron chi connectivity index (χ3n) is 7.53. The van der Waals surface area contributed by atoms with Crippen LogP contribution in [0.2, 0.25) is 5.02 Å². The number of pyridine rings is 2. The zero-order valence-corrected chi connectivity index (χ0v) is 27.9. The largest absolute Gasteiger partial charge is 0.478 e. The van der Waals surface area contributed by atoms with E-state index in [1.54, 1.807) is 0 Å². The van der Waals surface area contributed by atoms with Crippen molar-refractivity contribution in [3.8, 4) is 22.5 Å². The second kappa shape index (κ2) is 16.0. The zero-order valence-electron chi connectivity index (χ0n) is 27.2. The van der Waals surface area contributed by atoms with Gasteiger partial charge in [0.05, 0.1) is 68.8 Å². The van der Waals surface area contributed by atoms with Gasteiger partial charge in [-0.3, -0.25) is 9.97 Å². The first-order valence-electron chi connectivity index (χ1n) is 15.4. The van der Waals surface area contributed by atoms with E-state index in [1.807, 2.05) is 0 Å². The maximum atomic E-state index is 13.2. The standard InChI is InChI=1S/C19H12ClF3N2O2.C19H12F4N2O2/c2*20-11-5-7-17(14(9-11)18(26)27)25-12-6-8-16(24-10-12)13-3-1-2-4-15(13)19(21,22)23/h2*1-10,25H,(H,26,27). The second-order valence-electron chi connectivity index (χ2n) is 11.2. The van der Waals surface area contributed by atoms with Crippen molar-refractivity contribution in [3.05, 3.63) is 155 Å². The number of aromatic carboxylic acids is 2. The quantitative estimate of drug-likeness (QED) is 0.113. The van der Waals surface area contributed by atoms with E-state index in [1.165, 1.54) is 97.3 Å². The van der Waals surface area contributed by atoms with E-state index in [0.717, 1.165) is 24.3 Å². The minimum absolute atomic E-state index is 0.0331. The number of nitrogens with one attached hydrogen (secondary N) is 2. The van der Waals surface area contributed by atoms with Crippen molar-refractivity contribution < 1.29 is 50.5 Å². The van der Waals surface area contributed by atoms with Crippen LogP contribution in [0.1, 0.15) is 31.8 Å². The molecule has 6 aromatic rings. The SMILES string of the molecule is O=C(O)c1cc(Cl)ccc1Nc1ccc(-c2ccccc2C(F)(F)F)nc1.O=C(O)c1cc(F)ccc1Nc1ccc(-c2ccccc2C(F)(F)F)nc1. The minimum Gasteiger partial charge on any atom is -0.478 e. The van der Waals surface area contributed by atoms with Crippen LogP contribution >= 0.6 is 11.6 Å². The number of anilines is 4. The summed E-state index contributed by atoms with van der Waals surface area (Å²) in [5, 5.41) is 24.3. The summed E-state index contributed by atoms with van der Waals surface area (Å²) in [6.45, 7) is 0. The van der Waals surface area contributed by atoms with E-state index >= 15 is 0 Å². The highest BCUT2D eigenvalue weighted by molar-refractivity contribution is 6.31. The number of benzene rings is 4. The van der Waals surface area contributed by atoms with Gasteiger partial charge in [0.25, 0.3) is 0 Å². The van der Waals surface area contributed by atoms with Crippen molar-refractivity contribution in [1.29, 1.82) is 0 Å². The lowest BCUT2D eigenvalue weighted by Crippen LogP contribution is -2.07. The topological polar surface area (TPSA) is 124 Å². The molecule has 0 radical (unpaired) electrons. The average Bonchev–Trinajstić information content (AvgIpc) is 3.13. The molecule has 0 saturated carbocycles. The Kier molecular flexibility index (Phi) is 11.5. The third-order valence-corrected chi connectivity index (χ3v) is 7.76. The molecule has 54 heavy (non-hydrogen) atoms. The summed E-state index contributed by atoms with van der Waals surface area (Å²) >= 11 is 5.81. The molecule has 0 fully saturated rings. The van der Waals surface area contributed by atoms with E-state index in [0.29, 0.717) is 11.4 Å². The fourth-order valence-electron chi connectivity index (χ4n) is 5.08. The molecule has 276 valence electrons. The number of hydrogen-bond acceptors (Lipinski definition) is 6. The summed E-state index contributed by atoms with van der Waals surface area (Å²) in [5.41, 5.74) is -0.519. The number of carbonyl (C=O) groups is 2. The molecule has 2 heterocycles. The Morgan fingerprint density at radius 1 is 0.574 bits per heavy atom. The van der Waals surface area contributed by atoms with Crippen LogP contribution in [-0.4, -0.2) is 32.1 Å². The van der Waals surface area contributed by atoms with E-state index in [2.05, 4.69) is 20.6 Å². The molecule has 0 bridgehead atoms. The number of nitrogens with zero attached hydrogens (tertiary/aromatic N) is 2. The number of aromatic nitrogens is 2. The molecule has 0 aliphatic carbocycles. The van der Waals surface area contributed by atoms with Gasteiger partial charge < -0.3 is 20.8 Å². The molecule has 2 aromatic heterocycles.